The molecule has 3 aromatic rings. The van der Waals surface area contributed by atoms with E-state index >= 15 is 0 Å². The Hall–Kier alpha value is -3.13. The van der Waals surface area contributed by atoms with Gasteiger partial charge in [-0.3, -0.25) is 14.5 Å². The molecule has 0 saturated heterocycles. The summed E-state index contributed by atoms with van der Waals surface area (Å²) in [5.41, 5.74) is 0.367. The smallest absolute Gasteiger partial charge is 0.335 e. The zero-order valence-corrected chi connectivity index (χ0v) is 17.9. The van der Waals surface area contributed by atoms with Gasteiger partial charge in [-0.1, -0.05) is 41.4 Å². The highest BCUT2D eigenvalue weighted by atomic mass is 35.5. The average Bonchev–Trinajstić information content (AvgIpc) is 3.35. The lowest BCUT2D eigenvalue weighted by Gasteiger charge is -2.27. The number of ketones is 1. The first-order valence-electron chi connectivity index (χ1n) is 8.92. The number of carboxylic acids is 1. The molecule has 156 valence electrons. The van der Waals surface area contributed by atoms with Crippen molar-refractivity contribution >= 4 is 57.9 Å². The van der Waals surface area contributed by atoms with Crippen LogP contribution in [-0.2, 0) is 4.79 Å². The maximum Gasteiger partial charge on any atom is 0.335 e. The molecule has 1 unspecified atom stereocenters. The number of halogens is 2. The third-order valence-corrected chi connectivity index (χ3v) is 6.26. The molecule has 0 spiro atoms. The molecule has 0 saturated carbocycles. The summed E-state index contributed by atoms with van der Waals surface area (Å²) >= 11 is 13.6. The molecule has 1 atom stereocenters. The Balaban J connectivity index is 1.93. The van der Waals surface area contributed by atoms with Gasteiger partial charge in [0.1, 0.15) is 0 Å². The average molecular weight is 474 g/mol. The third kappa shape index (κ3) is 3.72. The number of anilines is 1. The molecular formula is C22H13Cl2NO5S. The first-order valence-corrected chi connectivity index (χ1v) is 10.6. The van der Waals surface area contributed by atoms with Gasteiger partial charge < -0.3 is 10.2 Å². The fourth-order valence-electron chi connectivity index (χ4n) is 3.45. The van der Waals surface area contributed by atoms with Crippen molar-refractivity contribution in [3.05, 3.63) is 97.4 Å². The molecule has 2 aromatic carbocycles. The molecule has 31 heavy (non-hydrogen) atoms. The molecule has 1 aliphatic heterocycles. The van der Waals surface area contributed by atoms with Crippen LogP contribution in [0, 0.1) is 0 Å². The van der Waals surface area contributed by atoms with Crippen LogP contribution < -0.4 is 4.90 Å². The first-order chi connectivity index (χ1) is 14.8. The number of Topliss-reactive ketones (excluding diaryl/α,β-unsaturated/α-hetero) is 1. The van der Waals surface area contributed by atoms with Crippen molar-refractivity contribution in [1.82, 2.24) is 0 Å². The molecule has 9 heteroatoms. The zero-order chi connectivity index (χ0) is 22.3. The standard InChI is InChI=1S/C22H13Cl2NO5S/c23-12-6-7-14(15(24)10-12)18-17(19(26)16-5-2-8-31-16)20(27)21(28)25(18)13-4-1-3-11(9-13)22(29)30/h1-10,18,27H,(H,29,30). The van der Waals surface area contributed by atoms with Crippen LogP contribution in [0.2, 0.25) is 10.0 Å². The number of rotatable bonds is 5. The summed E-state index contributed by atoms with van der Waals surface area (Å²) in [5, 5.41) is 22.3. The van der Waals surface area contributed by atoms with E-state index in [4.69, 9.17) is 23.2 Å². The van der Waals surface area contributed by atoms with Crippen LogP contribution >= 0.6 is 34.5 Å². The van der Waals surface area contributed by atoms with E-state index in [0.29, 0.717) is 15.5 Å². The third-order valence-electron chi connectivity index (χ3n) is 4.83. The Morgan fingerprint density at radius 3 is 2.45 bits per heavy atom. The van der Waals surface area contributed by atoms with Gasteiger partial charge in [0.15, 0.2) is 5.76 Å². The molecule has 2 N–H and O–H groups in total. The monoisotopic (exact) mass is 473 g/mol. The maximum atomic E-state index is 13.2. The number of carboxylic acid groups (broad SMARTS) is 1. The minimum atomic E-state index is -1.18. The van der Waals surface area contributed by atoms with Gasteiger partial charge in [0.25, 0.3) is 5.91 Å². The second kappa shape index (κ2) is 8.19. The van der Waals surface area contributed by atoms with E-state index in [-0.39, 0.29) is 21.8 Å². The Bertz CT molecular complexity index is 1250. The number of nitrogens with zero attached hydrogens (tertiary/aromatic N) is 1. The highest BCUT2D eigenvalue weighted by Crippen LogP contribution is 2.44. The van der Waals surface area contributed by atoms with E-state index < -0.39 is 29.5 Å². The molecule has 1 aliphatic rings. The molecule has 4 rings (SSSR count). The molecule has 6 nitrogen and oxygen atoms in total. The van der Waals surface area contributed by atoms with Crippen molar-refractivity contribution in [3.8, 4) is 0 Å². The van der Waals surface area contributed by atoms with E-state index in [1.54, 1.807) is 29.6 Å². The molecular weight excluding hydrogens is 461 g/mol. The van der Waals surface area contributed by atoms with Gasteiger partial charge in [-0.05, 0) is 47.3 Å². The van der Waals surface area contributed by atoms with E-state index in [0.717, 1.165) is 4.90 Å². The summed E-state index contributed by atoms with van der Waals surface area (Å²) in [6.45, 7) is 0. The van der Waals surface area contributed by atoms with Crippen molar-refractivity contribution in [2.45, 2.75) is 6.04 Å². The number of benzene rings is 2. The number of aromatic carboxylic acids is 1. The van der Waals surface area contributed by atoms with Gasteiger partial charge in [-0.25, -0.2) is 4.79 Å². The van der Waals surface area contributed by atoms with E-state index in [1.807, 2.05) is 0 Å². The van der Waals surface area contributed by atoms with Crippen molar-refractivity contribution < 1.29 is 24.6 Å². The van der Waals surface area contributed by atoms with Crippen LogP contribution in [0.15, 0.2) is 71.3 Å². The van der Waals surface area contributed by atoms with Crippen LogP contribution in [0.25, 0.3) is 0 Å². The van der Waals surface area contributed by atoms with E-state index in [1.165, 1.54) is 41.7 Å². The molecule has 0 fully saturated rings. The summed E-state index contributed by atoms with van der Waals surface area (Å²) in [4.78, 5) is 39.3. The van der Waals surface area contributed by atoms with E-state index in [9.17, 15) is 24.6 Å². The van der Waals surface area contributed by atoms with Crippen molar-refractivity contribution in [2.75, 3.05) is 4.90 Å². The lowest BCUT2D eigenvalue weighted by Crippen LogP contribution is -2.31. The molecule has 0 bridgehead atoms. The minimum absolute atomic E-state index is 0.0521. The number of aliphatic hydroxyl groups is 1. The largest absolute Gasteiger partial charge is 0.503 e. The number of aliphatic hydroxyl groups excluding tert-OH is 1. The van der Waals surface area contributed by atoms with Gasteiger partial charge >= 0.3 is 5.97 Å². The number of amides is 1. The highest BCUT2D eigenvalue weighted by molar-refractivity contribution is 7.12. The van der Waals surface area contributed by atoms with Crippen LogP contribution in [0.4, 0.5) is 5.69 Å². The van der Waals surface area contributed by atoms with E-state index in [2.05, 4.69) is 0 Å². The van der Waals surface area contributed by atoms with Crippen LogP contribution in [0.1, 0.15) is 31.6 Å². The lowest BCUT2D eigenvalue weighted by molar-refractivity contribution is -0.117. The quantitative estimate of drug-likeness (QED) is 0.474. The van der Waals surface area contributed by atoms with Gasteiger partial charge in [0, 0.05) is 15.7 Å². The second-order valence-corrected chi connectivity index (χ2v) is 8.46. The lowest BCUT2D eigenvalue weighted by atomic mass is 9.95. The topological polar surface area (TPSA) is 94.9 Å². The summed E-state index contributed by atoms with van der Waals surface area (Å²) in [5.74, 6) is -3.25. The van der Waals surface area contributed by atoms with Gasteiger partial charge in [0.05, 0.1) is 22.1 Å². The predicted octanol–water partition coefficient (Wildman–Crippen LogP) is 5.54. The van der Waals surface area contributed by atoms with Crippen LogP contribution in [0.3, 0.4) is 0 Å². The molecule has 0 radical (unpaired) electrons. The predicted molar refractivity (Wildman–Crippen MR) is 118 cm³/mol. The first kappa shape index (κ1) is 21.1. The Morgan fingerprint density at radius 1 is 1.03 bits per heavy atom. The zero-order valence-electron chi connectivity index (χ0n) is 15.6. The number of carbonyl (C=O) groups excluding carboxylic acids is 2. The summed E-state index contributed by atoms with van der Waals surface area (Å²) in [6.07, 6.45) is 0. The number of carbonyl (C=O) groups is 3. The van der Waals surface area contributed by atoms with Gasteiger partial charge in [-0.2, -0.15) is 0 Å². The summed E-state index contributed by atoms with van der Waals surface area (Å²) < 4.78 is 0. The summed E-state index contributed by atoms with van der Waals surface area (Å²) in [6, 6.07) is 12.5. The van der Waals surface area contributed by atoms with Crippen molar-refractivity contribution in [3.63, 3.8) is 0 Å². The fraction of sp³-hybridized carbons (Fsp3) is 0.0455. The summed E-state index contributed by atoms with van der Waals surface area (Å²) in [7, 11) is 0. The Labute approximate surface area is 190 Å². The Kier molecular flexibility index (Phi) is 5.58. The minimum Gasteiger partial charge on any atom is -0.503 e. The number of thiophene rings is 1. The Morgan fingerprint density at radius 2 is 1.81 bits per heavy atom. The SMILES string of the molecule is O=C(O)c1cccc(N2C(=O)C(O)=C(C(=O)c3cccs3)C2c2ccc(Cl)cc2Cl)c1. The molecule has 1 aromatic heterocycles. The maximum absolute atomic E-state index is 13.2. The normalized spacial score (nSPS) is 16.1. The fourth-order valence-corrected chi connectivity index (χ4v) is 4.64. The van der Waals surface area contributed by atoms with Crippen LogP contribution in [0.5, 0.6) is 0 Å². The molecule has 0 aliphatic carbocycles. The van der Waals surface area contributed by atoms with Crippen LogP contribution in [-0.4, -0.2) is 27.9 Å². The van der Waals surface area contributed by atoms with Gasteiger partial charge in [-0.15, -0.1) is 11.3 Å². The molecule has 1 amide bonds. The number of hydrogen-bond donors (Lipinski definition) is 2. The van der Waals surface area contributed by atoms with Crippen molar-refractivity contribution in [2.24, 2.45) is 0 Å². The number of hydrogen-bond acceptors (Lipinski definition) is 5. The van der Waals surface area contributed by atoms with Gasteiger partial charge in [0.2, 0.25) is 5.78 Å². The molecule has 2 heterocycles. The van der Waals surface area contributed by atoms with Crippen molar-refractivity contribution in [1.29, 1.82) is 0 Å². The second-order valence-electron chi connectivity index (χ2n) is 6.67. The highest BCUT2D eigenvalue weighted by Gasteiger charge is 2.45.